The fourth-order valence-electron chi connectivity index (χ4n) is 1.68. The van der Waals surface area contributed by atoms with Gasteiger partial charge in [0.15, 0.2) is 5.43 Å². The van der Waals surface area contributed by atoms with Gasteiger partial charge in [-0.3, -0.25) is 9.59 Å². The number of H-pyrrole nitrogens is 1. The van der Waals surface area contributed by atoms with Crippen molar-refractivity contribution < 1.29 is 9.53 Å². The van der Waals surface area contributed by atoms with Crippen LogP contribution < -0.4 is 5.43 Å². The van der Waals surface area contributed by atoms with Crippen molar-refractivity contribution >= 4 is 5.91 Å². The fourth-order valence-corrected chi connectivity index (χ4v) is 1.68. The monoisotopic (exact) mass is 222 g/mol. The molecule has 1 aliphatic heterocycles. The van der Waals surface area contributed by atoms with Crippen LogP contribution in [0.25, 0.3) is 0 Å². The number of nitrogens with zero attached hydrogens (tertiary/aromatic N) is 1. The molecular weight excluding hydrogens is 208 g/mol. The Hall–Kier alpha value is -1.62. The van der Waals surface area contributed by atoms with E-state index in [2.05, 4.69) is 4.98 Å². The van der Waals surface area contributed by atoms with Crippen LogP contribution in [-0.2, 0) is 4.74 Å². The summed E-state index contributed by atoms with van der Waals surface area (Å²) in [5, 5.41) is 0. The minimum absolute atomic E-state index is 0.201. The van der Waals surface area contributed by atoms with Crippen LogP contribution in [0.3, 0.4) is 0 Å². The van der Waals surface area contributed by atoms with Crippen molar-refractivity contribution in [3.63, 3.8) is 0 Å². The highest BCUT2D eigenvalue weighted by Crippen LogP contribution is 2.03. The smallest absolute Gasteiger partial charge is 0.259 e. The van der Waals surface area contributed by atoms with Crippen molar-refractivity contribution in [1.82, 2.24) is 9.88 Å². The Bertz CT molecular complexity index is 447. The number of aromatic nitrogens is 1. The second-order valence-electron chi connectivity index (χ2n) is 3.80. The molecule has 0 unspecified atom stereocenters. The number of carbonyl (C=O) groups excluding carboxylic acids is 1. The maximum absolute atomic E-state index is 12.0. The van der Waals surface area contributed by atoms with Crippen LogP contribution in [0, 0.1) is 6.92 Å². The van der Waals surface area contributed by atoms with Gasteiger partial charge in [-0.1, -0.05) is 0 Å². The van der Waals surface area contributed by atoms with Gasteiger partial charge in [-0.05, 0) is 6.92 Å². The van der Waals surface area contributed by atoms with E-state index in [9.17, 15) is 9.59 Å². The number of rotatable bonds is 1. The molecule has 0 aromatic carbocycles. The van der Waals surface area contributed by atoms with Crippen LogP contribution in [0.15, 0.2) is 17.1 Å². The molecule has 1 saturated heterocycles. The molecule has 1 N–H and O–H groups in total. The molecule has 1 fully saturated rings. The normalized spacial score (nSPS) is 16.2. The Labute approximate surface area is 93.0 Å². The lowest BCUT2D eigenvalue weighted by atomic mass is 10.2. The van der Waals surface area contributed by atoms with Gasteiger partial charge < -0.3 is 14.6 Å². The average Bonchev–Trinajstić information content (AvgIpc) is 2.29. The molecule has 0 spiro atoms. The van der Waals surface area contributed by atoms with Crippen molar-refractivity contribution in [3.05, 3.63) is 33.7 Å². The first-order valence-electron chi connectivity index (χ1n) is 5.25. The molecule has 0 atom stereocenters. The number of ether oxygens (including phenoxy) is 1. The fraction of sp³-hybridized carbons (Fsp3) is 0.455. The van der Waals surface area contributed by atoms with Crippen LogP contribution in [0.4, 0.5) is 0 Å². The van der Waals surface area contributed by atoms with Gasteiger partial charge in [0.1, 0.15) is 5.56 Å². The molecule has 2 heterocycles. The molecule has 16 heavy (non-hydrogen) atoms. The summed E-state index contributed by atoms with van der Waals surface area (Å²) >= 11 is 0. The zero-order valence-electron chi connectivity index (χ0n) is 9.16. The molecule has 1 amide bonds. The maximum Gasteiger partial charge on any atom is 0.259 e. The number of aryl methyl sites for hydroxylation is 1. The number of hydrogen-bond acceptors (Lipinski definition) is 3. The van der Waals surface area contributed by atoms with Gasteiger partial charge >= 0.3 is 0 Å². The second kappa shape index (κ2) is 4.49. The first kappa shape index (κ1) is 10.9. The molecule has 1 aromatic rings. The van der Waals surface area contributed by atoms with Gasteiger partial charge in [0.2, 0.25) is 0 Å². The summed E-state index contributed by atoms with van der Waals surface area (Å²) in [5.41, 5.74) is 0.726. The standard InChI is InChI=1S/C11H14N2O3/c1-8-6-10(14)9(7-12-8)11(15)13-2-4-16-5-3-13/h6-7H,2-5H2,1H3,(H,12,14). The molecule has 86 valence electrons. The minimum atomic E-state index is -0.229. The molecular formula is C11H14N2O3. The Morgan fingerprint density at radius 2 is 2.12 bits per heavy atom. The lowest BCUT2D eigenvalue weighted by Gasteiger charge is -2.26. The minimum Gasteiger partial charge on any atom is -0.378 e. The van der Waals surface area contributed by atoms with E-state index in [1.165, 1.54) is 12.3 Å². The van der Waals surface area contributed by atoms with Crippen LogP contribution in [0.1, 0.15) is 16.1 Å². The molecule has 1 aromatic heterocycles. The van der Waals surface area contributed by atoms with E-state index < -0.39 is 0 Å². The van der Waals surface area contributed by atoms with Crippen LogP contribution >= 0.6 is 0 Å². The lowest BCUT2D eigenvalue weighted by Crippen LogP contribution is -2.42. The number of morpholine rings is 1. The summed E-state index contributed by atoms with van der Waals surface area (Å²) in [6.45, 7) is 3.95. The van der Waals surface area contributed by atoms with E-state index >= 15 is 0 Å². The van der Waals surface area contributed by atoms with E-state index in [0.717, 1.165) is 5.69 Å². The SMILES string of the molecule is Cc1cc(=O)c(C(=O)N2CCOCC2)c[nH]1. The Morgan fingerprint density at radius 3 is 2.75 bits per heavy atom. The third kappa shape index (κ3) is 2.14. The predicted octanol–water partition coefficient (Wildman–Crippen LogP) is 0.156. The number of amides is 1. The van der Waals surface area contributed by atoms with Crippen molar-refractivity contribution in [2.24, 2.45) is 0 Å². The third-order valence-corrected chi connectivity index (χ3v) is 2.59. The first-order chi connectivity index (χ1) is 7.68. The zero-order valence-corrected chi connectivity index (χ0v) is 9.16. The Kier molecular flexibility index (Phi) is 3.05. The highest BCUT2D eigenvalue weighted by atomic mass is 16.5. The summed E-state index contributed by atoms with van der Waals surface area (Å²) in [5.74, 6) is -0.218. The summed E-state index contributed by atoms with van der Waals surface area (Å²) in [4.78, 5) is 28.1. The number of hydrogen-bond donors (Lipinski definition) is 1. The van der Waals surface area contributed by atoms with Crippen molar-refractivity contribution in [2.75, 3.05) is 26.3 Å². The van der Waals surface area contributed by atoms with Gasteiger partial charge in [-0.2, -0.15) is 0 Å². The molecule has 0 radical (unpaired) electrons. The summed E-state index contributed by atoms with van der Waals surface area (Å²) < 4.78 is 5.16. The zero-order chi connectivity index (χ0) is 11.5. The average molecular weight is 222 g/mol. The van der Waals surface area contributed by atoms with E-state index in [1.807, 2.05) is 0 Å². The first-order valence-corrected chi connectivity index (χ1v) is 5.25. The number of aromatic amines is 1. The molecule has 0 saturated carbocycles. The maximum atomic E-state index is 12.0. The van der Waals surface area contributed by atoms with Crippen LogP contribution in [0.5, 0.6) is 0 Å². The summed E-state index contributed by atoms with van der Waals surface area (Å²) in [6, 6.07) is 1.44. The number of pyridine rings is 1. The van der Waals surface area contributed by atoms with E-state index in [1.54, 1.807) is 11.8 Å². The molecule has 0 aliphatic carbocycles. The molecule has 2 rings (SSSR count). The van der Waals surface area contributed by atoms with Gasteiger partial charge in [0.25, 0.3) is 5.91 Å². The van der Waals surface area contributed by atoms with Gasteiger partial charge in [-0.15, -0.1) is 0 Å². The molecule has 0 bridgehead atoms. The Balaban J connectivity index is 2.23. The molecule has 5 nitrogen and oxygen atoms in total. The van der Waals surface area contributed by atoms with Gasteiger partial charge in [0.05, 0.1) is 13.2 Å². The second-order valence-corrected chi connectivity index (χ2v) is 3.80. The molecule has 1 aliphatic rings. The van der Waals surface area contributed by atoms with Crippen molar-refractivity contribution in [1.29, 1.82) is 0 Å². The summed E-state index contributed by atoms with van der Waals surface area (Å²) in [6.07, 6.45) is 1.48. The van der Waals surface area contributed by atoms with E-state index in [-0.39, 0.29) is 16.9 Å². The van der Waals surface area contributed by atoms with E-state index in [4.69, 9.17) is 4.74 Å². The largest absolute Gasteiger partial charge is 0.378 e. The summed E-state index contributed by atoms with van der Waals surface area (Å²) in [7, 11) is 0. The number of carbonyl (C=O) groups is 1. The van der Waals surface area contributed by atoms with Crippen molar-refractivity contribution in [2.45, 2.75) is 6.92 Å². The topological polar surface area (TPSA) is 62.4 Å². The van der Waals surface area contributed by atoms with Gasteiger partial charge in [-0.25, -0.2) is 0 Å². The van der Waals surface area contributed by atoms with Crippen LogP contribution in [-0.4, -0.2) is 42.1 Å². The third-order valence-electron chi connectivity index (χ3n) is 2.59. The molecule has 5 heteroatoms. The van der Waals surface area contributed by atoms with Crippen molar-refractivity contribution in [3.8, 4) is 0 Å². The Morgan fingerprint density at radius 1 is 1.44 bits per heavy atom. The van der Waals surface area contributed by atoms with Gasteiger partial charge in [0, 0.05) is 31.0 Å². The highest BCUT2D eigenvalue weighted by Gasteiger charge is 2.20. The van der Waals surface area contributed by atoms with E-state index in [0.29, 0.717) is 26.3 Å². The quantitative estimate of drug-likeness (QED) is 0.736. The van der Waals surface area contributed by atoms with Crippen LogP contribution in [0.2, 0.25) is 0 Å². The predicted molar refractivity (Wildman–Crippen MR) is 58.5 cm³/mol. The highest BCUT2D eigenvalue weighted by molar-refractivity contribution is 5.93. The number of nitrogens with one attached hydrogen (secondary N) is 1. The lowest BCUT2D eigenvalue weighted by molar-refractivity contribution is 0.0301.